The van der Waals surface area contributed by atoms with Crippen LogP contribution in [0.25, 0.3) is 11.1 Å². The number of anilines is 2. The number of nitrogen functional groups attached to an aromatic ring is 1. The van der Waals surface area contributed by atoms with Crippen molar-refractivity contribution in [1.29, 1.82) is 0 Å². The van der Waals surface area contributed by atoms with Crippen molar-refractivity contribution in [2.45, 2.75) is 37.5 Å². The molecular formula is C14H19N3O2S. The molecule has 0 spiro atoms. The van der Waals surface area contributed by atoms with Crippen molar-refractivity contribution >= 4 is 34.2 Å². The Morgan fingerprint density at radius 3 is 3.15 bits per heavy atom. The first kappa shape index (κ1) is 13.4. The van der Waals surface area contributed by atoms with E-state index >= 15 is 0 Å². The molecule has 0 radical (unpaired) electrons. The molecule has 2 aromatic rings. The smallest absolute Gasteiger partial charge is 0.408 e. The van der Waals surface area contributed by atoms with Gasteiger partial charge in [-0.3, -0.25) is 4.98 Å². The van der Waals surface area contributed by atoms with E-state index in [1.807, 2.05) is 17.8 Å². The van der Waals surface area contributed by atoms with Gasteiger partial charge in [0.25, 0.3) is 0 Å². The van der Waals surface area contributed by atoms with Crippen LogP contribution in [0.3, 0.4) is 0 Å². The Balaban J connectivity index is 1.77. The summed E-state index contributed by atoms with van der Waals surface area (Å²) in [4.78, 5) is 13.8. The Labute approximate surface area is 121 Å². The highest BCUT2D eigenvalue weighted by Gasteiger charge is 2.24. The highest BCUT2D eigenvalue weighted by Crippen LogP contribution is 2.33. The summed E-state index contributed by atoms with van der Waals surface area (Å²) in [6, 6.07) is 4.01. The molecule has 1 aromatic heterocycles. The van der Waals surface area contributed by atoms with Crippen molar-refractivity contribution in [3.8, 4) is 0 Å². The third kappa shape index (κ3) is 2.65. The number of aromatic nitrogens is 1. The number of fused-ring (bicyclic) bond motifs is 1. The van der Waals surface area contributed by atoms with E-state index in [0.29, 0.717) is 22.8 Å². The van der Waals surface area contributed by atoms with Gasteiger partial charge in [-0.05, 0) is 31.1 Å². The fourth-order valence-corrected chi connectivity index (χ4v) is 3.96. The minimum Gasteiger partial charge on any atom is -0.408 e. The van der Waals surface area contributed by atoms with Crippen LogP contribution in [0.2, 0.25) is 0 Å². The molecule has 1 aliphatic rings. The van der Waals surface area contributed by atoms with Crippen molar-refractivity contribution < 1.29 is 4.42 Å². The van der Waals surface area contributed by atoms with Crippen molar-refractivity contribution in [1.82, 2.24) is 4.98 Å². The SMILES string of the molecule is CCSC1CCC(Nc2cc3[nH]c(=O)oc3cc2N)C1. The second-order valence-corrected chi connectivity index (χ2v) is 6.76. The van der Waals surface area contributed by atoms with Gasteiger partial charge in [-0.25, -0.2) is 4.79 Å². The molecule has 4 N–H and O–H groups in total. The Bertz CT molecular complexity index is 664. The van der Waals surface area contributed by atoms with Gasteiger partial charge in [0.2, 0.25) is 0 Å². The fraction of sp³-hybridized carbons (Fsp3) is 0.500. The predicted molar refractivity (Wildman–Crippen MR) is 84.4 cm³/mol. The number of hydrogen-bond donors (Lipinski definition) is 3. The van der Waals surface area contributed by atoms with Gasteiger partial charge in [0.1, 0.15) is 0 Å². The van der Waals surface area contributed by atoms with E-state index in [9.17, 15) is 4.79 Å². The molecule has 2 atom stereocenters. The molecule has 1 aliphatic carbocycles. The van der Waals surface area contributed by atoms with Crippen molar-refractivity contribution in [3.63, 3.8) is 0 Å². The summed E-state index contributed by atoms with van der Waals surface area (Å²) in [5.41, 5.74) is 8.71. The van der Waals surface area contributed by atoms with E-state index in [0.717, 1.165) is 23.8 Å². The highest BCUT2D eigenvalue weighted by atomic mass is 32.2. The Hall–Kier alpha value is -1.56. The molecule has 1 aromatic carbocycles. The molecule has 0 bridgehead atoms. The molecule has 1 fully saturated rings. The molecule has 3 rings (SSSR count). The van der Waals surface area contributed by atoms with Gasteiger partial charge in [0.15, 0.2) is 5.58 Å². The number of rotatable bonds is 4. The topological polar surface area (TPSA) is 84.0 Å². The zero-order chi connectivity index (χ0) is 14.1. The Morgan fingerprint density at radius 2 is 2.35 bits per heavy atom. The molecule has 2 unspecified atom stereocenters. The zero-order valence-electron chi connectivity index (χ0n) is 11.4. The maximum Gasteiger partial charge on any atom is 0.417 e. The van der Waals surface area contributed by atoms with Crippen LogP contribution < -0.4 is 16.8 Å². The molecule has 1 saturated carbocycles. The summed E-state index contributed by atoms with van der Waals surface area (Å²) >= 11 is 2.03. The number of nitrogens with one attached hydrogen (secondary N) is 2. The number of benzene rings is 1. The monoisotopic (exact) mass is 293 g/mol. The van der Waals surface area contributed by atoms with E-state index in [-0.39, 0.29) is 0 Å². The molecule has 0 aliphatic heterocycles. The number of hydrogen-bond acceptors (Lipinski definition) is 5. The van der Waals surface area contributed by atoms with Gasteiger partial charge in [-0.1, -0.05) is 6.92 Å². The van der Waals surface area contributed by atoms with Gasteiger partial charge in [0.05, 0.1) is 16.9 Å². The summed E-state index contributed by atoms with van der Waals surface area (Å²) in [5, 5.41) is 4.24. The van der Waals surface area contributed by atoms with E-state index in [4.69, 9.17) is 10.2 Å². The van der Waals surface area contributed by atoms with E-state index in [1.54, 1.807) is 6.07 Å². The minimum atomic E-state index is -0.447. The van der Waals surface area contributed by atoms with Crippen molar-refractivity contribution in [2.24, 2.45) is 0 Å². The standard InChI is InChI=1S/C14H19N3O2S/c1-2-20-9-4-3-8(5-9)16-11-7-12-13(6-10(11)15)19-14(18)17-12/h6-9,16H,2-5,15H2,1H3,(H,17,18). The highest BCUT2D eigenvalue weighted by molar-refractivity contribution is 7.99. The maximum atomic E-state index is 11.2. The third-order valence-corrected chi connectivity index (χ3v) is 4.97. The normalized spacial score (nSPS) is 22.4. The van der Waals surface area contributed by atoms with Crippen LogP contribution in [0.1, 0.15) is 26.2 Å². The fourth-order valence-electron chi connectivity index (χ4n) is 2.82. The Morgan fingerprint density at radius 1 is 1.50 bits per heavy atom. The number of thioether (sulfide) groups is 1. The summed E-state index contributed by atoms with van der Waals surface area (Å²) in [5.74, 6) is 0.721. The lowest BCUT2D eigenvalue weighted by molar-refractivity contribution is 0.555. The summed E-state index contributed by atoms with van der Waals surface area (Å²) < 4.78 is 5.00. The number of oxazole rings is 1. The third-order valence-electron chi connectivity index (χ3n) is 3.74. The molecule has 0 amide bonds. The lowest BCUT2D eigenvalue weighted by Gasteiger charge is -2.16. The largest absolute Gasteiger partial charge is 0.417 e. The van der Waals surface area contributed by atoms with Crippen LogP contribution in [0.5, 0.6) is 0 Å². The van der Waals surface area contributed by atoms with Gasteiger partial charge in [-0.2, -0.15) is 11.8 Å². The first-order valence-electron chi connectivity index (χ1n) is 6.96. The minimum absolute atomic E-state index is 0.447. The van der Waals surface area contributed by atoms with Gasteiger partial charge < -0.3 is 15.5 Å². The Kier molecular flexibility index (Phi) is 3.65. The van der Waals surface area contributed by atoms with Crippen molar-refractivity contribution in [2.75, 3.05) is 16.8 Å². The van der Waals surface area contributed by atoms with E-state index in [1.165, 1.54) is 12.2 Å². The van der Waals surface area contributed by atoms with Gasteiger partial charge in [-0.15, -0.1) is 0 Å². The molecule has 6 heteroatoms. The molecule has 0 saturated heterocycles. The van der Waals surface area contributed by atoms with E-state index in [2.05, 4.69) is 17.2 Å². The van der Waals surface area contributed by atoms with Crippen LogP contribution in [0.4, 0.5) is 11.4 Å². The number of aromatic amines is 1. The molecule has 1 heterocycles. The first-order valence-corrected chi connectivity index (χ1v) is 8.01. The lowest BCUT2D eigenvalue weighted by atomic mass is 10.2. The average molecular weight is 293 g/mol. The average Bonchev–Trinajstić information content (AvgIpc) is 2.96. The molecule has 20 heavy (non-hydrogen) atoms. The van der Waals surface area contributed by atoms with Crippen LogP contribution in [0, 0.1) is 0 Å². The quantitative estimate of drug-likeness (QED) is 0.755. The van der Waals surface area contributed by atoms with Gasteiger partial charge in [0, 0.05) is 17.4 Å². The summed E-state index contributed by atoms with van der Waals surface area (Å²) in [7, 11) is 0. The van der Waals surface area contributed by atoms with Crippen LogP contribution in [0.15, 0.2) is 21.3 Å². The van der Waals surface area contributed by atoms with Crippen LogP contribution in [-0.2, 0) is 0 Å². The maximum absolute atomic E-state index is 11.2. The van der Waals surface area contributed by atoms with E-state index < -0.39 is 5.76 Å². The van der Waals surface area contributed by atoms with Gasteiger partial charge >= 0.3 is 5.76 Å². The molecule has 5 nitrogen and oxygen atoms in total. The summed E-state index contributed by atoms with van der Waals surface area (Å²) in [6.07, 6.45) is 3.58. The van der Waals surface area contributed by atoms with Crippen molar-refractivity contribution in [3.05, 3.63) is 22.7 Å². The first-order chi connectivity index (χ1) is 9.65. The second kappa shape index (κ2) is 5.44. The number of nitrogens with two attached hydrogens (primary N) is 1. The lowest BCUT2D eigenvalue weighted by Crippen LogP contribution is -2.17. The number of H-pyrrole nitrogens is 1. The summed E-state index contributed by atoms with van der Waals surface area (Å²) in [6.45, 7) is 2.20. The molecular weight excluding hydrogens is 274 g/mol. The molecule has 108 valence electrons. The second-order valence-electron chi connectivity index (χ2n) is 5.18. The van der Waals surface area contributed by atoms with Crippen LogP contribution >= 0.6 is 11.8 Å². The van der Waals surface area contributed by atoms with Crippen LogP contribution in [-0.4, -0.2) is 22.0 Å². The predicted octanol–water partition coefficient (Wildman–Crippen LogP) is 2.79. The zero-order valence-corrected chi connectivity index (χ0v) is 12.3.